The van der Waals surface area contributed by atoms with Crippen LogP contribution >= 0.6 is 0 Å². The number of rotatable bonds is 6. The number of carbonyl (C=O) groups excluding carboxylic acids is 3. The molecule has 166 valence electrons. The molecule has 2 aliphatic heterocycles. The van der Waals surface area contributed by atoms with Crippen molar-refractivity contribution in [3.05, 3.63) is 47.5 Å². The van der Waals surface area contributed by atoms with Crippen LogP contribution in [0, 0.1) is 13.8 Å². The molecule has 4 rings (SSSR count). The first-order valence-electron chi connectivity index (χ1n) is 9.98. The topological polar surface area (TPSA) is 113 Å². The first kappa shape index (κ1) is 21.3. The van der Waals surface area contributed by atoms with Crippen LogP contribution in [0.1, 0.15) is 11.1 Å². The van der Waals surface area contributed by atoms with Crippen molar-refractivity contribution in [2.45, 2.75) is 25.9 Å². The zero-order valence-electron chi connectivity index (χ0n) is 18.2. The number of carbonyl (C=O) groups is 3. The van der Waals surface area contributed by atoms with Gasteiger partial charge in [-0.25, -0.2) is 4.90 Å². The molecule has 2 unspecified atom stereocenters. The van der Waals surface area contributed by atoms with E-state index in [1.807, 2.05) is 26.0 Å². The number of anilines is 2. The second-order valence-electron chi connectivity index (χ2n) is 7.59. The zero-order valence-corrected chi connectivity index (χ0v) is 18.2. The lowest BCUT2D eigenvalue weighted by Gasteiger charge is -2.21. The monoisotopic (exact) mass is 437 g/mol. The molecule has 10 nitrogen and oxygen atoms in total. The molecule has 2 aromatic rings. The van der Waals surface area contributed by atoms with Crippen LogP contribution in [0.2, 0.25) is 0 Å². The summed E-state index contributed by atoms with van der Waals surface area (Å²) in [5.41, 5.74) is 3.14. The van der Waals surface area contributed by atoms with Crippen molar-refractivity contribution in [2.75, 3.05) is 31.0 Å². The molecule has 2 heterocycles. The number of aryl methyl sites for hydroxylation is 2. The third-order valence-electron chi connectivity index (χ3n) is 5.58. The van der Waals surface area contributed by atoms with E-state index in [9.17, 15) is 14.4 Å². The Kier molecular flexibility index (Phi) is 5.52. The number of nitrogens with one attached hydrogen (secondary N) is 1. The van der Waals surface area contributed by atoms with E-state index in [1.54, 1.807) is 24.3 Å². The number of methoxy groups -OCH3 is 2. The van der Waals surface area contributed by atoms with Crippen molar-refractivity contribution >= 4 is 29.1 Å². The number of nitrogens with zero attached hydrogens (tertiary/aromatic N) is 4. The van der Waals surface area contributed by atoms with Gasteiger partial charge in [-0.15, -0.1) is 0 Å². The minimum atomic E-state index is -0.995. The van der Waals surface area contributed by atoms with Crippen LogP contribution in [-0.4, -0.2) is 55.6 Å². The maximum atomic E-state index is 13.1. The van der Waals surface area contributed by atoms with E-state index in [0.29, 0.717) is 22.9 Å². The summed E-state index contributed by atoms with van der Waals surface area (Å²) in [4.78, 5) is 39.6. The lowest BCUT2D eigenvalue weighted by Crippen LogP contribution is -2.43. The number of fused-ring (bicyclic) bond motifs is 1. The molecule has 10 heteroatoms. The van der Waals surface area contributed by atoms with Crippen LogP contribution in [0.25, 0.3) is 0 Å². The summed E-state index contributed by atoms with van der Waals surface area (Å²) in [6, 6.07) is 8.36. The number of hydrogen-bond acceptors (Lipinski definition) is 8. The lowest BCUT2D eigenvalue weighted by molar-refractivity contribution is -0.123. The Balaban J connectivity index is 1.50. The Labute approximate surface area is 184 Å². The van der Waals surface area contributed by atoms with Crippen molar-refractivity contribution in [2.24, 2.45) is 10.3 Å². The molecule has 0 saturated carbocycles. The van der Waals surface area contributed by atoms with E-state index >= 15 is 0 Å². The van der Waals surface area contributed by atoms with Gasteiger partial charge < -0.3 is 14.8 Å². The molecule has 1 fully saturated rings. The summed E-state index contributed by atoms with van der Waals surface area (Å²) in [7, 11) is 2.96. The van der Waals surface area contributed by atoms with E-state index < -0.39 is 23.9 Å². The fourth-order valence-corrected chi connectivity index (χ4v) is 3.74. The Morgan fingerprint density at radius 1 is 1.00 bits per heavy atom. The normalized spacial score (nSPS) is 19.4. The molecule has 2 aliphatic rings. The van der Waals surface area contributed by atoms with Gasteiger partial charge in [0.05, 0.1) is 19.9 Å². The van der Waals surface area contributed by atoms with Gasteiger partial charge in [0.1, 0.15) is 6.54 Å². The molecule has 0 aromatic heterocycles. The second kappa shape index (κ2) is 8.29. The molecule has 2 atom stereocenters. The van der Waals surface area contributed by atoms with Gasteiger partial charge in [-0.1, -0.05) is 11.3 Å². The summed E-state index contributed by atoms with van der Waals surface area (Å²) in [5, 5.41) is 11.9. The fraction of sp³-hybridized carbons (Fsp3) is 0.318. The van der Waals surface area contributed by atoms with Crippen LogP contribution in [0.4, 0.5) is 11.4 Å². The molecule has 3 amide bonds. The number of imide groups is 1. The van der Waals surface area contributed by atoms with Crippen LogP contribution < -0.4 is 19.7 Å². The first-order valence-corrected chi connectivity index (χ1v) is 9.98. The quantitative estimate of drug-likeness (QED) is 0.694. The Hall–Kier alpha value is -3.95. The van der Waals surface area contributed by atoms with E-state index in [-0.39, 0.29) is 12.5 Å². The van der Waals surface area contributed by atoms with Crippen LogP contribution in [0.15, 0.2) is 46.7 Å². The van der Waals surface area contributed by atoms with Gasteiger partial charge in [-0.2, -0.15) is 5.11 Å². The summed E-state index contributed by atoms with van der Waals surface area (Å²) in [6.07, 6.45) is 0. The molecule has 0 bridgehead atoms. The number of benzene rings is 2. The average molecular weight is 437 g/mol. The van der Waals surface area contributed by atoms with Crippen LogP contribution in [-0.2, 0) is 14.4 Å². The van der Waals surface area contributed by atoms with Gasteiger partial charge >= 0.3 is 0 Å². The Morgan fingerprint density at radius 3 is 2.44 bits per heavy atom. The summed E-state index contributed by atoms with van der Waals surface area (Å²) >= 11 is 0. The summed E-state index contributed by atoms with van der Waals surface area (Å²) < 4.78 is 10.5. The van der Waals surface area contributed by atoms with Gasteiger partial charge in [0.25, 0.3) is 11.8 Å². The third-order valence-corrected chi connectivity index (χ3v) is 5.58. The number of ether oxygens (including phenoxy) is 2. The third kappa shape index (κ3) is 3.64. The average Bonchev–Trinajstić information content (AvgIpc) is 3.29. The van der Waals surface area contributed by atoms with Crippen LogP contribution in [0.5, 0.6) is 11.5 Å². The van der Waals surface area contributed by atoms with Gasteiger partial charge in [0, 0.05) is 11.8 Å². The highest BCUT2D eigenvalue weighted by atomic mass is 16.5. The van der Waals surface area contributed by atoms with Crippen molar-refractivity contribution in [3.63, 3.8) is 0 Å². The maximum Gasteiger partial charge on any atom is 0.263 e. The lowest BCUT2D eigenvalue weighted by atomic mass is 10.1. The van der Waals surface area contributed by atoms with Crippen molar-refractivity contribution in [1.29, 1.82) is 0 Å². The molecular formula is C22H23N5O5. The highest BCUT2D eigenvalue weighted by Crippen LogP contribution is 2.36. The van der Waals surface area contributed by atoms with Gasteiger partial charge in [-0.05, 0) is 49.2 Å². The SMILES string of the molecule is COc1ccc(N2C(=O)C3N=NN(CC(=O)Nc4ccc(C)c(C)c4)C3C2=O)cc1OC. The van der Waals surface area contributed by atoms with Gasteiger partial charge in [-0.3, -0.25) is 19.4 Å². The first-order chi connectivity index (χ1) is 15.3. The molecule has 1 N–H and O–H groups in total. The largest absolute Gasteiger partial charge is 0.493 e. The molecular weight excluding hydrogens is 414 g/mol. The molecule has 2 aromatic carbocycles. The molecule has 0 aliphatic carbocycles. The Morgan fingerprint density at radius 2 is 1.75 bits per heavy atom. The minimum absolute atomic E-state index is 0.212. The van der Waals surface area contributed by atoms with Crippen LogP contribution in [0.3, 0.4) is 0 Å². The predicted molar refractivity (Wildman–Crippen MR) is 116 cm³/mol. The maximum absolute atomic E-state index is 13.1. The number of amides is 3. The van der Waals surface area contributed by atoms with E-state index in [0.717, 1.165) is 16.0 Å². The predicted octanol–water partition coefficient (Wildman–Crippen LogP) is 2.25. The second-order valence-corrected chi connectivity index (χ2v) is 7.59. The van der Waals surface area contributed by atoms with E-state index in [2.05, 4.69) is 15.7 Å². The van der Waals surface area contributed by atoms with Gasteiger partial charge in [0.2, 0.25) is 5.91 Å². The molecule has 1 saturated heterocycles. The highest BCUT2D eigenvalue weighted by Gasteiger charge is 2.55. The molecule has 32 heavy (non-hydrogen) atoms. The fourth-order valence-electron chi connectivity index (χ4n) is 3.74. The smallest absolute Gasteiger partial charge is 0.263 e. The van der Waals surface area contributed by atoms with Crippen molar-refractivity contribution in [3.8, 4) is 11.5 Å². The minimum Gasteiger partial charge on any atom is -0.493 e. The summed E-state index contributed by atoms with van der Waals surface area (Å²) in [5.74, 6) is -0.518. The van der Waals surface area contributed by atoms with Gasteiger partial charge in [0.15, 0.2) is 23.6 Å². The highest BCUT2D eigenvalue weighted by molar-refractivity contribution is 6.25. The summed E-state index contributed by atoms with van der Waals surface area (Å²) in [6.45, 7) is 3.73. The van der Waals surface area contributed by atoms with Crippen molar-refractivity contribution in [1.82, 2.24) is 5.01 Å². The standard InChI is InChI=1S/C22H23N5O5/c1-12-5-6-14(9-13(12)2)23-18(28)11-26-20-19(24-25-26)21(29)27(22(20)30)15-7-8-16(31-3)17(10-15)32-4/h5-10,19-20H,11H2,1-4H3,(H,23,28). The molecule has 0 radical (unpaired) electrons. The molecule has 0 spiro atoms. The van der Waals surface area contributed by atoms with Crippen molar-refractivity contribution < 1.29 is 23.9 Å². The Bertz CT molecular complexity index is 1130. The van der Waals surface area contributed by atoms with E-state index in [4.69, 9.17) is 9.47 Å². The van der Waals surface area contributed by atoms with E-state index in [1.165, 1.54) is 19.2 Å². The number of hydrogen-bond donors (Lipinski definition) is 1. The zero-order chi connectivity index (χ0) is 23.0.